The molecule has 0 spiro atoms. The van der Waals surface area contributed by atoms with Gasteiger partial charge >= 0.3 is 5.97 Å². The molecule has 0 atom stereocenters. The topological polar surface area (TPSA) is 65.2 Å². The van der Waals surface area contributed by atoms with Gasteiger partial charge < -0.3 is 10.5 Å². The Morgan fingerprint density at radius 3 is 2.61 bits per heavy atom. The van der Waals surface area contributed by atoms with E-state index in [0.29, 0.717) is 26.2 Å². The number of nitrogens with two attached hydrogens (primary N) is 1. The number of benzene rings is 2. The second-order valence-electron chi connectivity index (χ2n) is 4.57. The largest absolute Gasteiger partial charge is 0.465 e. The van der Waals surface area contributed by atoms with Crippen LogP contribution in [0.5, 0.6) is 0 Å². The first-order valence-corrected chi connectivity index (χ1v) is 8.78. The highest BCUT2D eigenvalue weighted by molar-refractivity contribution is 8.01. The maximum atomic E-state index is 11.6. The van der Waals surface area contributed by atoms with Crippen LogP contribution < -0.4 is 5.73 Å². The van der Waals surface area contributed by atoms with Gasteiger partial charge in [-0.1, -0.05) is 35.0 Å². The number of hydrogen-bond donors (Lipinski definition) is 1. The molecular formula is C15H10Cl2N2O2S2. The van der Waals surface area contributed by atoms with Gasteiger partial charge in [0.25, 0.3) is 0 Å². The fourth-order valence-electron chi connectivity index (χ4n) is 1.96. The van der Waals surface area contributed by atoms with Crippen LogP contribution in [0, 0.1) is 0 Å². The molecule has 0 aliphatic heterocycles. The summed E-state index contributed by atoms with van der Waals surface area (Å²) in [6, 6.07) is 8.56. The number of aromatic nitrogens is 1. The van der Waals surface area contributed by atoms with Crippen molar-refractivity contribution in [2.24, 2.45) is 0 Å². The first kappa shape index (κ1) is 16.4. The minimum Gasteiger partial charge on any atom is -0.465 e. The van der Waals surface area contributed by atoms with Crippen molar-refractivity contribution in [3.8, 4) is 0 Å². The maximum Gasteiger partial charge on any atom is 0.337 e. The number of hydrogen-bond acceptors (Lipinski definition) is 6. The van der Waals surface area contributed by atoms with Crippen molar-refractivity contribution in [3.63, 3.8) is 0 Å². The van der Waals surface area contributed by atoms with E-state index in [1.54, 1.807) is 24.3 Å². The lowest BCUT2D eigenvalue weighted by Gasteiger charge is -2.05. The number of rotatable bonds is 3. The third-order valence-corrected chi connectivity index (χ3v) is 6.06. The number of ether oxygens (including phenoxy) is 1. The first-order valence-electron chi connectivity index (χ1n) is 6.39. The molecule has 0 unspecified atom stereocenters. The number of nitrogens with zero attached hydrogens (tertiary/aromatic N) is 1. The number of carbonyl (C=O) groups excluding carboxylic acids is 1. The summed E-state index contributed by atoms with van der Waals surface area (Å²) in [5, 5.41) is 0.962. The molecule has 0 bridgehead atoms. The quantitative estimate of drug-likeness (QED) is 0.501. The van der Waals surface area contributed by atoms with E-state index in [1.807, 2.05) is 6.07 Å². The number of carbonyl (C=O) groups is 1. The summed E-state index contributed by atoms with van der Waals surface area (Å²) < 4.78 is 6.45. The van der Waals surface area contributed by atoms with Gasteiger partial charge in [0.1, 0.15) is 0 Å². The molecule has 8 heteroatoms. The smallest absolute Gasteiger partial charge is 0.337 e. The monoisotopic (exact) mass is 384 g/mol. The second kappa shape index (κ2) is 6.57. The Bertz CT molecular complexity index is 889. The summed E-state index contributed by atoms with van der Waals surface area (Å²) in [5.74, 6) is -0.390. The normalized spacial score (nSPS) is 10.9. The molecule has 0 radical (unpaired) electrons. The maximum absolute atomic E-state index is 11.6. The number of esters is 1. The number of thiazole rings is 1. The van der Waals surface area contributed by atoms with E-state index in [1.165, 1.54) is 30.2 Å². The van der Waals surface area contributed by atoms with Crippen LogP contribution in [0.3, 0.4) is 0 Å². The number of halogens is 2. The number of fused-ring (bicyclic) bond motifs is 1. The molecular weight excluding hydrogens is 375 g/mol. The van der Waals surface area contributed by atoms with E-state index in [4.69, 9.17) is 33.7 Å². The van der Waals surface area contributed by atoms with Gasteiger partial charge in [-0.05, 0) is 30.3 Å². The molecule has 2 N–H and O–H groups in total. The molecule has 2 aromatic carbocycles. The lowest BCUT2D eigenvalue weighted by molar-refractivity contribution is 0.0601. The molecule has 0 fully saturated rings. The SMILES string of the molecule is COC(=O)c1ccc2sc(Sc3c(Cl)cc(N)cc3Cl)nc2c1. The van der Waals surface area contributed by atoms with Crippen LogP contribution in [0.4, 0.5) is 5.69 Å². The van der Waals surface area contributed by atoms with Crippen LogP contribution in [0.25, 0.3) is 10.2 Å². The molecule has 4 nitrogen and oxygen atoms in total. The van der Waals surface area contributed by atoms with Crippen molar-refractivity contribution in [1.82, 2.24) is 4.98 Å². The van der Waals surface area contributed by atoms with Crippen LogP contribution in [0.15, 0.2) is 39.6 Å². The van der Waals surface area contributed by atoms with Gasteiger partial charge in [0.05, 0.1) is 37.8 Å². The molecule has 3 rings (SSSR count). The summed E-state index contributed by atoms with van der Waals surface area (Å²) >= 11 is 15.3. The summed E-state index contributed by atoms with van der Waals surface area (Å²) in [7, 11) is 1.35. The molecule has 0 saturated carbocycles. The van der Waals surface area contributed by atoms with Crippen molar-refractivity contribution in [2.45, 2.75) is 9.24 Å². The fourth-order valence-corrected chi connectivity index (χ4v) is 4.69. The van der Waals surface area contributed by atoms with Gasteiger partial charge in [-0.3, -0.25) is 0 Å². The van der Waals surface area contributed by atoms with Gasteiger partial charge in [0, 0.05) is 5.69 Å². The van der Waals surface area contributed by atoms with Gasteiger partial charge in [-0.15, -0.1) is 11.3 Å². The van der Waals surface area contributed by atoms with Crippen LogP contribution in [-0.2, 0) is 4.74 Å². The predicted molar refractivity (Wildman–Crippen MR) is 96.0 cm³/mol. The zero-order valence-electron chi connectivity index (χ0n) is 11.8. The van der Waals surface area contributed by atoms with Crippen molar-refractivity contribution in [2.75, 3.05) is 12.8 Å². The Labute approximate surface area is 150 Å². The molecule has 0 saturated heterocycles. The Hall–Kier alpha value is -1.47. The molecule has 3 aromatic rings. The van der Waals surface area contributed by atoms with E-state index in [-0.39, 0.29) is 0 Å². The van der Waals surface area contributed by atoms with Gasteiger partial charge in [-0.2, -0.15) is 0 Å². The summed E-state index contributed by atoms with van der Waals surface area (Å²) in [6.45, 7) is 0. The highest BCUT2D eigenvalue weighted by Gasteiger charge is 2.14. The zero-order valence-corrected chi connectivity index (χ0v) is 14.9. The predicted octanol–water partition coefficient (Wildman–Crippen LogP) is 5.12. The number of methoxy groups -OCH3 is 1. The van der Waals surface area contributed by atoms with Crippen LogP contribution in [-0.4, -0.2) is 18.1 Å². The van der Waals surface area contributed by atoms with Crippen molar-refractivity contribution >= 4 is 68.2 Å². The number of anilines is 1. The highest BCUT2D eigenvalue weighted by Crippen LogP contribution is 2.42. The summed E-state index contributed by atoms with van der Waals surface area (Å²) in [6.07, 6.45) is 0. The number of nitrogen functional groups attached to an aromatic ring is 1. The molecule has 23 heavy (non-hydrogen) atoms. The minimum atomic E-state index is -0.390. The summed E-state index contributed by atoms with van der Waals surface area (Å²) in [4.78, 5) is 16.8. The lowest BCUT2D eigenvalue weighted by Crippen LogP contribution is -2.00. The van der Waals surface area contributed by atoms with Gasteiger partial charge in [0.15, 0.2) is 4.34 Å². The van der Waals surface area contributed by atoms with E-state index < -0.39 is 5.97 Å². The van der Waals surface area contributed by atoms with E-state index >= 15 is 0 Å². The highest BCUT2D eigenvalue weighted by atomic mass is 35.5. The van der Waals surface area contributed by atoms with E-state index in [0.717, 1.165) is 14.6 Å². The van der Waals surface area contributed by atoms with Crippen molar-refractivity contribution in [3.05, 3.63) is 45.9 Å². The summed E-state index contributed by atoms with van der Waals surface area (Å²) in [5.41, 5.74) is 7.41. The lowest BCUT2D eigenvalue weighted by atomic mass is 10.2. The third kappa shape index (κ3) is 3.40. The first-order chi connectivity index (χ1) is 11.0. The molecule has 0 aliphatic carbocycles. The fraction of sp³-hybridized carbons (Fsp3) is 0.0667. The molecule has 1 aromatic heterocycles. The Morgan fingerprint density at radius 1 is 1.26 bits per heavy atom. The van der Waals surface area contributed by atoms with Crippen LogP contribution >= 0.6 is 46.3 Å². The van der Waals surface area contributed by atoms with Crippen molar-refractivity contribution in [1.29, 1.82) is 0 Å². The average molecular weight is 385 g/mol. The van der Waals surface area contributed by atoms with Crippen LogP contribution in [0.2, 0.25) is 10.0 Å². The molecule has 0 aliphatic rings. The Kier molecular flexibility index (Phi) is 4.68. The minimum absolute atomic E-state index is 0.390. The Morgan fingerprint density at radius 2 is 1.96 bits per heavy atom. The van der Waals surface area contributed by atoms with Gasteiger partial charge in [0.2, 0.25) is 0 Å². The Balaban J connectivity index is 1.97. The van der Waals surface area contributed by atoms with E-state index in [9.17, 15) is 4.79 Å². The third-order valence-electron chi connectivity index (χ3n) is 3.00. The standard InChI is InChI=1S/C15H10Cl2N2O2S2/c1-21-14(20)7-2-3-12-11(4-7)19-15(22-12)23-13-9(16)5-8(18)6-10(13)17/h2-6H,18H2,1H3. The second-order valence-corrected chi connectivity index (χ2v) is 7.67. The molecule has 1 heterocycles. The molecule has 118 valence electrons. The van der Waals surface area contributed by atoms with E-state index in [2.05, 4.69) is 4.98 Å². The molecule has 0 amide bonds. The zero-order chi connectivity index (χ0) is 16.6. The average Bonchev–Trinajstić information content (AvgIpc) is 2.91. The van der Waals surface area contributed by atoms with Crippen molar-refractivity contribution < 1.29 is 9.53 Å². The van der Waals surface area contributed by atoms with Crippen LogP contribution in [0.1, 0.15) is 10.4 Å². The van der Waals surface area contributed by atoms with Gasteiger partial charge in [-0.25, -0.2) is 9.78 Å².